The van der Waals surface area contributed by atoms with Crippen molar-refractivity contribution in [2.45, 2.75) is 6.54 Å². The van der Waals surface area contributed by atoms with Gasteiger partial charge in [0, 0.05) is 6.54 Å². The maximum absolute atomic E-state index is 12.2. The van der Waals surface area contributed by atoms with Gasteiger partial charge in [0.2, 0.25) is 0 Å². The number of nitriles is 1. The Hall–Kier alpha value is -3.59. The van der Waals surface area contributed by atoms with Gasteiger partial charge in [0.1, 0.15) is 17.4 Å². The Morgan fingerprint density at radius 1 is 1.12 bits per heavy atom. The van der Waals surface area contributed by atoms with Crippen molar-refractivity contribution in [3.63, 3.8) is 0 Å². The van der Waals surface area contributed by atoms with Crippen LogP contribution in [-0.2, 0) is 20.9 Å². The van der Waals surface area contributed by atoms with Gasteiger partial charge in [-0.3, -0.25) is 4.79 Å². The summed E-state index contributed by atoms with van der Waals surface area (Å²) in [6.07, 6.45) is 1.49. The van der Waals surface area contributed by atoms with Crippen LogP contribution in [-0.4, -0.2) is 25.6 Å². The predicted molar refractivity (Wildman–Crippen MR) is 95.8 cm³/mol. The number of rotatable bonds is 7. The second-order valence-electron chi connectivity index (χ2n) is 5.27. The molecule has 6 heteroatoms. The highest BCUT2D eigenvalue weighted by molar-refractivity contribution is 6.01. The lowest BCUT2D eigenvalue weighted by molar-refractivity contribution is -0.142. The topological polar surface area (TPSA) is 88.4 Å². The molecule has 0 aliphatic carbocycles. The van der Waals surface area contributed by atoms with Gasteiger partial charge in [-0.1, -0.05) is 42.5 Å². The highest BCUT2D eigenvalue weighted by Crippen LogP contribution is 2.15. The summed E-state index contributed by atoms with van der Waals surface area (Å²) in [5.74, 6) is -0.433. The van der Waals surface area contributed by atoms with E-state index in [9.17, 15) is 14.9 Å². The molecule has 0 heterocycles. The zero-order chi connectivity index (χ0) is 18.8. The Morgan fingerprint density at radius 3 is 2.42 bits per heavy atom. The first-order chi connectivity index (χ1) is 12.6. The fourth-order valence-corrected chi connectivity index (χ4v) is 2.05. The Labute approximate surface area is 151 Å². The van der Waals surface area contributed by atoms with Gasteiger partial charge in [-0.2, -0.15) is 5.26 Å². The Kier molecular flexibility index (Phi) is 6.95. The lowest BCUT2D eigenvalue weighted by Gasteiger charge is -2.06. The van der Waals surface area contributed by atoms with Gasteiger partial charge in [0.15, 0.2) is 6.61 Å². The SMILES string of the molecule is COC(=O)COc1ccc(/C=C(/C#N)C(=O)NCc2ccccc2)cc1. The van der Waals surface area contributed by atoms with Crippen molar-refractivity contribution in [3.05, 3.63) is 71.3 Å². The lowest BCUT2D eigenvalue weighted by Crippen LogP contribution is -2.23. The third-order valence-electron chi connectivity index (χ3n) is 3.44. The summed E-state index contributed by atoms with van der Waals surface area (Å²) in [4.78, 5) is 23.2. The molecule has 1 amide bonds. The largest absolute Gasteiger partial charge is 0.482 e. The van der Waals surface area contributed by atoms with Gasteiger partial charge in [0.05, 0.1) is 7.11 Å². The summed E-state index contributed by atoms with van der Waals surface area (Å²) in [6.45, 7) is 0.163. The van der Waals surface area contributed by atoms with Crippen LogP contribution in [0.3, 0.4) is 0 Å². The molecule has 0 fully saturated rings. The molecule has 2 rings (SSSR count). The molecular formula is C20H18N2O4. The van der Waals surface area contributed by atoms with Crippen LogP contribution < -0.4 is 10.1 Å². The molecule has 0 saturated heterocycles. The van der Waals surface area contributed by atoms with Crippen molar-refractivity contribution >= 4 is 18.0 Å². The fraction of sp³-hybridized carbons (Fsp3) is 0.150. The van der Waals surface area contributed by atoms with E-state index >= 15 is 0 Å². The number of hydrogen-bond donors (Lipinski definition) is 1. The standard InChI is InChI=1S/C20H18N2O4/c1-25-19(23)14-26-18-9-7-15(8-10-18)11-17(12-21)20(24)22-13-16-5-3-2-4-6-16/h2-11H,13-14H2,1H3,(H,22,24)/b17-11-. The van der Waals surface area contributed by atoms with Gasteiger partial charge < -0.3 is 14.8 Å². The van der Waals surface area contributed by atoms with Crippen molar-refractivity contribution in [1.82, 2.24) is 5.32 Å². The van der Waals surface area contributed by atoms with Gasteiger partial charge in [0.25, 0.3) is 5.91 Å². The minimum atomic E-state index is -0.476. The van der Waals surface area contributed by atoms with Gasteiger partial charge in [-0.25, -0.2) is 4.79 Å². The zero-order valence-corrected chi connectivity index (χ0v) is 14.3. The van der Waals surface area contributed by atoms with Crippen LogP contribution in [0.15, 0.2) is 60.2 Å². The van der Waals surface area contributed by atoms with Crippen molar-refractivity contribution in [3.8, 4) is 11.8 Å². The van der Waals surface area contributed by atoms with Crippen LogP contribution in [0.4, 0.5) is 0 Å². The third kappa shape index (κ3) is 5.80. The number of nitrogens with zero attached hydrogens (tertiary/aromatic N) is 1. The van der Waals surface area contributed by atoms with E-state index < -0.39 is 11.9 Å². The number of carbonyl (C=O) groups is 2. The van der Waals surface area contributed by atoms with Gasteiger partial charge >= 0.3 is 5.97 Å². The van der Waals surface area contributed by atoms with E-state index in [2.05, 4.69) is 10.1 Å². The Balaban J connectivity index is 1.97. The van der Waals surface area contributed by atoms with E-state index in [4.69, 9.17) is 4.74 Å². The number of esters is 1. The molecule has 0 aliphatic heterocycles. The molecule has 0 bridgehead atoms. The summed E-state index contributed by atoms with van der Waals surface area (Å²) in [5.41, 5.74) is 1.62. The Bertz CT molecular complexity index is 821. The van der Waals surface area contributed by atoms with E-state index in [0.29, 0.717) is 17.9 Å². The second-order valence-corrected chi connectivity index (χ2v) is 5.27. The number of carbonyl (C=O) groups excluding carboxylic acids is 2. The highest BCUT2D eigenvalue weighted by Gasteiger charge is 2.09. The molecule has 0 spiro atoms. The van der Waals surface area contributed by atoms with Crippen LogP contribution >= 0.6 is 0 Å². The van der Waals surface area contributed by atoms with Crippen molar-refractivity contribution in [1.29, 1.82) is 5.26 Å². The summed E-state index contributed by atoms with van der Waals surface area (Å²) in [6, 6.07) is 18.0. The average molecular weight is 350 g/mol. The molecule has 6 nitrogen and oxygen atoms in total. The second kappa shape index (κ2) is 9.64. The van der Waals surface area contributed by atoms with Crippen molar-refractivity contribution in [2.75, 3.05) is 13.7 Å². The van der Waals surface area contributed by atoms with E-state index in [1.807, 2.05) is 36.4 Å². The monoisotopic (exact) mass is 350 g/mol. The predicted octanol–water partition coefficient (Wildman–Crippen LogP) is 2.46. The number of ether oxygens (including phenoxy) is 2. The number of nitrogens with one attached hydrogen (secondary N) is 1. The summed E-state index contributed by atoms with van der Waals surface area (Å²) < 4.78 is 9.73. The normalized spacial score (nSPS) is 10.5. The van der Waals surface area contributed by atoms with Crippen LogP contribution in [0.5, 0.6) is 5.75 Å². The molecule has 0 aliphatic rings. The van der Waals surface area contributed by atoms with E-state index in [1.54, 1.807) is 24.3 Å². The first-order valence-corrected chi connectivity index (χ1v) is 7.86. The quantitative estimate of drug-likeness (QED) is 0.471. The zero-order valence-electron chi connectivity index (χ0n) is 14.3. The summed E-state index contributed by atoms with van der Waals surface area (Å²) >= 11 is 0. The van der Waals surface area contributed by atoms with E-state index in [0.717, 1.165) is 5.56 Å². The molecule has 0 aromatic heterocycles. The minimum Gasteiger partial charge on any atom is -0.482 e. The van der Waals surface area contributed by atoms with E-state index in [-0.39, 0.29) is 12.2 Å². The maximum Gasteiger partial charge on any atom is 0.343 e. The maximum atomic E-state index is 12.2. The summed E-state index contributed by atoms with van der Waals surface area (Å²) in [7, 11) is 1.28. The number of amides is 1. The third-order valence-corrected chi connectivity index (χ3v) is 3.44. The summed E-state index contributed by atoms with van der Waals surface area (Å²) in [5, 5.41) is 11.9. The highest BCUT2D eigenvalue weighted by atomic mass is 16.6. The molecule has 0 unspecified atom stereocenters. The number of benzene rings is 2. The Morgan fingerprint density at radius 2 is 1.81 bits per heavy atom. The van der Waals surface area contributed by atoms with E-state index in [1.165, 1.54) is 13.2 Å². The van der Waals surface area contributed by atoms with Gasteiger partial charge in [-0.15, -0.1) is 0 Å². The smallest absolute Gasteiger partial charge is 0.343 e. The van der Waals surface area contributed by atoms with Crippen LogP contribution in [0, 0.1) is 11.3 Å². The number of hydrogen-bond acceptors (Lipinski definition) is 5. The molecule has 26 heavy (non-hydrogen) atoms. The molecule has 0 radical (unpaired) electrons. The molecule has 2 aromatic rings. The number of methoxy groups -OCH3 is 1. The molecule has 1 N–H and O–H groups in total. The molecular weight excluding hydrogens is 332 g/mol. The average Bonchev–Trinajstić information content (AvgIpc) is 2.70. The fourth-order valence-electron chi connectivity index (χ4n) is 2.05. The molecule has 132 valence electrons. The first kappa shape index (κ1) is 18.7. The molecule has 0 atom stereocenters. The van der Waals surface area contributed by atoms with Gasteiger partial charge in [-0.05, 0) is 29.3 Å². The van der Waals surface area contributed by atoms with Crippen molar-refractivity contribution in [2.24, 2.45) is 0 Å². The molecule has 0 saturated carbocycles. The van der Waals surface area contributed by atoms with Crippen LogP contribution in [0.1, 0.15) is 11.1 Å². The molecule has 2 aromatic carbocycles. The van der Waals surface area contributed by atoms with Crippen molar-refractivity contribution < 1.29 is 19.1 Å². The first-order valence-electron chi connectivity index (χ1n) is 7.86. The lowest BCUT2D eigenvalue weighted by atomic mass is 10.1. The van der Waals surface area contributed by atoms with Crippen LogP contribution in [0.2, 0.25) is 0 Å². The van der Waals surface area contributed by atoms with Crippen LogP contribution in [0.25, 0.3) is 6.08 Å². The minimum absolute atomic E-state index is 0.00385.